The molecule has 3 nitrogen and oxygen atoms in total. The van der Waals surface area contributed by atoms with Crippen LogP contribution in [-0.4, -0.2) is 42.9 Å². The fourth-order valence-corrected chi connectivity index (χ4v) is 3.85. The van der Waals surface area contributed by atoms with Gasteiger partial charge in [-0.25, -0.2) is 0 Å². The molecule has 1 N–H and O–H groups in total. The Hall–Kier alpha value is -1.84. The van der Waals surface area contributed by atoms with Gasteiger partial charge >= 0.3 is 0 Å². The lowest BCUT2D eigenvalue weighted by atomic mass is 9.72. The number of likely N-dealkylation sites (N-methyl/N-ethyl adjacent to an activating group) is 1. The molecule has 1 aromatic carbocycles. The highest BCUT2D eigenvalue weighted by Gasteiger charge is 2.38. The van der Waals surface area contributed by atoms with Crippen molar-refractivity contribution in [3.8, 4) is 5.75 Å². The van der Waals surface area contributed by atoms with Crippen molar-refractivity contribution in [1.82, 2.24) is 4.90 Å². The van der Waals surface area contributed by atoms with Crippen molar-refractivity contribution in [2.75, 3.05) is 27.2 Å². The van der Waals surface area contributed by atoms with Gasteiger partial charge in [0.25, 0.3) is 0 Å². The normalized spacial score (nSPS) is 18.6. The van der Waals surface area contributed by atoms with Crippen LogP contribution in [0.5, 0.6) is 5.75 Å². The van der Waals surface area contributed by atoms with Gasteiger partial charge < -0.3 is 14.7 Å². The molecule has 1 unspecified atom stereocenters. The number of aliphatic hydroxyl groups is 1. The first-order valence-corrected chi connectivity index (χ1v) is 10.0. The summed E-state index contributed by atoms with van der Waals surface area (Å²) in [6.45, 7) is 7.09. The third-order valence-corrected chi connectivity index (χ3v) is 5.42. The number of ether oxygens (including phenoxy) is 1. The maximum Gasteiger partial charge on any atom is 0.119 e. The smallest absolute Gasteiger partial charge is 0.119 e. The predicted octanol–water partition coefficient (Wildman–Crippen LogP) is 5.09. The quantitative estimate of drug-likeness (QED) is 0.615. The summed E-state index contributed by atoms with van der Waals surface area (Å²) < 4.78 is 5.92. The zero-order chi connectivity index (χ0) is 19.7. The molecule has 1 aromatic rings. The fraction of sp³-hybridized carbons (Fsp3) is 0.500. The van der Waals surface area contributed by atoms with Gasteiger partial charge in [0.1, 0.15) is 12.4 Å². The largest absolute Gasteiger partial charge is 0.489 e. The van der Waals surface area contributed by atoms with Crippen molar-refractivity contribution in [3.05, 3.63) is 66.3 Å². The lowest BCUT2D eigenvalue weighted by Gasteiger charge is -2.40. The molecule has 0 saturated heterocycles. The highest BCUT2D eigenvalue weighted by atomic mass is 16.5. The van der Waals surface area contributed by atoms with E-state index >= 15 is 0 Å². The number of nitrogens with zero attached hydrogens (tertiary/aromatic N) is 1. The molecule has 1 aliphatic carbocycles. The number of benzene rings is 1. The van der Waals surface area contributed by atoms with Crippen LogP contribution in [0.2, 0.25) is 0 Å². The first kappa shape index (κ1) is 21.5. The van der Waals surface area contributed by atoms with Crippen molar-refractivity contribution < 1.29 is 9.84 Å². The van der Waals surface area contributed by atoms with Crippen LogP contribution in [0.4, 0.5) is 0 Å². The molecule has 1 atom stereocenters. The van der Waals surface area contributed by atoms with Gasteiger partial charge in [0.2, 0.25) is 0 Å². The van der Waals surface area contributed by atoms with Gasteiger partial charge in [0.05, 0.1) is 5.60 Å². The molecule has 0 heterocycles. The second-order valence-corrected chi connectivity index (χ2v) is 7.80. The Kier molecular flexibility index (Phi) is 8.33. The topological polar surface area (TPSA) is 32.7 Å². The van der Waals surface area contributed by atoms with E-state index in [9.17, 15) is 5.11 Å². The van der Waals surface area contributed by atoms with Gasteiger partial charge in [-0.1, -0.05) is 62.3 Å². The van der Waals surface area contributed by atoms with Gasteiger partial charge in [-0.3, -0.25) is 0 Å². The Bertz CT molecular complexity index is 637. The molecule has 0 spiro atoms. The van der Waals surface area contributed by atoms with E-state index in [2.05, 4.69) is 37.7 Å². The van der Waals surface area contributed by atoms with Crippen LogP contribution in [0.1, 0.15) is 50.5 Å². The first-order chi connectivity index (χ1) is 13.0. The fourth-order valence-electron chi connectivity index (χ4n) is 3.85. The number of allylic oxidation sites excluding steroid dienone is 3. The summed E-state index contributed by atoms with van der Waals surface area (Å²) >= 11 is 0. The van der Waals surface area contributed by atoms with Crippen LogP contribution in [0.25, 0.3) is 0 Å². The van der Waals surface area contributed by atoms with Gasteiger partial charge in [0, 0.05) is 12.5 Å². The van der Waals surface area contributed by atoms with Crippen molar-refractivity contribution >= 4 is 0 Å². The Morgan fingerprint density at radius 3 is 2.44 bits per heavy atom. The molecule has 0 bridgehead atoms. The number of hydrogen-bond acceptors (Lipinski definition) is 3. The number of hydrogen-bond donors (Lipinski definition) is 1. The van der Waals surface area contributed by atoms with E-state index < -0.39 is 5.60 Å². The maximum atomic E-state index is 11.3. The van der Waals surface area contributed by atoms with E-state index in [1.807, 2.05) is 37.3 Å². The van der Waals surface area contributed by atoms with E-state index in [1.54, 1.807) is 6.08 Å². The molecule has 0 amide bonds. The summed E-state index contributed by atoms with van der Waals surface area (Å²) in [5, 5.41) is 11.3. The summed E-state index contributed by atoms with van der Waals surface area (Å²) in [7, 11) is 4.15. The van der Waals surface area contributed by atoms with E-state index in [0.717, 1.165) is 43.6 Å². The standard InChI is InChI=1S/C24H35NO2/c1-5-7-11-20(6-2)19-27-22-14-12-21(13-15-22)23(18-25(3)4)24(26)16-9-8-10-17-24/h5-7,11-15,23,26H,1,8-10,16-19H2,2-4H3/b11-7-,20-6+. The maximum absolute atomic E-state index is 11.3. The molecular weight excluding hydrogens is 334 g/mol. The summed E-state index contributed by atoms with van der Waals surface area (Å²) in [6.07, 6.45) is 13.0. The van der Waals surface area contributed by atoms with Crippen molar-refractivity contribution in [2.45, 2.75) is 50.5 Å². The molecule has 2 rings (SSSR count). The van der Waals surface area contributed by atoms with Crippen molar-refractivity contribution in [3.63, 3.8) is 0 Å². The third-order valence-electron chi connectivity index (χ3n) is 5.42. The molecule has 148 valence electrons. The molecule has 0 aromatic heterocycles. The molecule has 1 saturated carbocycles. The zero-order valence-electron chi connectivity index (χ0n) is 17.2. The van der Waals surface area contributed by atoms with Crippen LogP contribution in [0, 0.1) is 0 Å². The minimum atomic E-state index is -0.599. The monoisotopic (exact) mass is 369 g/mol. The minimum absolute atomic E-state index is 0.128. The average molecular weight is 370 g/mol. The number of rotatable bonds is 9. The molecule has 0 radical (unpaired) electrons. The Labute approximate surface area is 165 Å². The van der Waals surface area contributed by atoms with E-state index in [1.165, 1.54) is 12.0 Å². The Morgan fingerprint density at radius 1 is 1.22 bits per heavy atom. The first-order valence-electron chi connectivity index (χ1n) is 10.0. The highest BCUT2D eigenvalue weighted by Crippen LogP contribution is 2.40. The van der Waals surface area contributed by atoms with Gasteiger partial charge in [-0.15, -0.1) is 0 Å². The van der Waals surface area contributed by atoms with E-state index in [0.29, 0.717) is 6.61 Å². The Balaban J connectivity index is 2.10. The SMILES string of the molecule is C=C/C=C\C(=C/C)COc1ccc(C(CN(C)C)C2(O)CCCCC2)cc1. The molecule has 0 aliphatic heterocycles. The lowest BCUT2D eigenvalue weighted by molar-refractivity contribution is -0.0277. The molecule has 1 fully saturated rings. The summed E-state index contributed by atoms with van der Waals surface area (Å²) in [5.41, 5.74) is 1.71. The highest BCUT2D eigenvalue weighted by molar-refractivity contribution is 5.32. The van der Waals surface area contributed by atoms with Gasteiger partial charge in [-0.2, -0.15) is 0 Å². The summed E-state index contributed by atoms with van der Waals surface area (Å²) in [4.78, 5) is 2.17. The zero-order valence-corrected chi connectivity index (χ0v) is 17.2. The van der Waals surface area contributed by atoms with Crippen LogP contribution in [0.3, 0.4) is 0 Å². The molecular formula is C24H35NO2. The van der Waals surface area contributed by atoms with Crippen LogP contribution < -0.4 is 4.74 Å². The van der Waals surface area contributed by atoms with Crippen LogP contribution >= 0.6 is 0 Å². The molecule has 1 aliphatic rings. The predicted molar refractivity (Wildman–Crippen MR) is 114 cm³/mol. The van der Waals surface area contributed by atoms with Crippen LogP contribution in [-0.2, 0) is 0 Å². The second kappa shape index (κ2) is 10.5. The minimum Gasteiger partial charge on any atom is -0.489 e. The van der Waals surface area contributed by atoms with Gasteiger partial charge in [0.15, 0.2) is 0 Å². The molecule has 3 heteroatoms. The summed E-state index contributed by atoms with van der Waals surface area (Å²) in [6, 6.07) is 8.28. The average Bonchev–Trinajstić information content (AvgIpc) is 2.67. The van der Waals surface area contributed by atoms with Gasteiger partial charge in [-0.05, 0) is 57.1 Å². The molecule has 27 heavy (non-hydrogen) atoms. The summed E-state index contributed by atoms with van der Waals surface area (Å²) in [5.74, 6) is 0.979. The second-order valence-electron chi connectivity index (χ2n) is 7.80. The van der Waals surface area contributed by atoms with E-state index in [-0.39, 0.29) is 5.92 Å². The Morgan fingerprint density at radius 2 is 1.89 bits per heavy atom. The van der Waals surface area contributed by atoms with Crippen LogP contribution in [0.15, 0.2) is 60.7 Å². The lowest BCUT2D eigenvalue weighted by Crippen LogP contribution is -2.42. The van der Waals surface area contributed by atoms with E-state index in [4.69, 9.17) is 4.74 Å². The third kappa shape index (κ3) is 6.37. The van der Waals surface area contributed by atoms with Crippen molar-refractivity contribution in [2.24, 2.45) is 0 Å². The van der Waals surface area contributed by atoms with Crippen molar-refractivity contribution in [1.29, 1.82) is 0 Å².